The van der Waals surface area contributed by atoms with E-state index >= 15 is 0 Å². The fourth-order valence-corrected chi connectivity index (χ4v) is 5.64. The molecule has 7 nitrogen and oxygen atoms in total. The van der Waals surface area contributed by atoms with Crippen LogP contribution in [0.25, 0.3) is 10.8 Å². The van der Waals surface area contributed by atoms with Crippen LogP contribution in [0.15, 0.2) is 71.6 Å². The van der Waals surface area contributed by atoms with Gasteiger partial charge in [0.1, 0.15) is 6.04 Å². The number of morpholine rings is 1. The summed E-state index contributed by atoms with van der Waals surface area (Å²) < 4.78 is 34.4. The summed E-state index contributed by atoms with van der Waals surface area (Å²) in [5.74, 6) is -0.481. The fraction of sp³-hybridized carbons (Fsp3) is 0.370. The van der Waals surface area contributed by atoms with E-state index < -0.39 is 16.1 Å². The van der Waals surface area contributed by atoms with E-state index in [4.69, 9.17) is 4.74 Å². The second-order valence-electron chi connectivity index (χ2n) is 9.31. The number of likely N-dealkylation sites (N-methyl/N-ethyl adjacent to an activating group) is 1. The quantitative estimate of drug-likeness (QED) is 0.516. The Kier molecular flexibility index (Phi) is 7.74. The molecule has 0 aliphatic carbocycles. The van der Waals surface area contributed by atoms with Crippen molar-refractivity contribution in [3.63, 3.8) is 0 Å². The number of rotatable bonds is 8. The molecule has 8 heteroatoms. The standard InChI is InChI=1S/C27H33N3O4S/c1-20(2)26(28-35(32,33)25-13-10-22-6-4-5-7-23(22)18-25)27(31)29(3)19-21-8-11-24(12-9-21)30-14-16-34-17-15-30/h4-13,18,20,26,28H,14-17,19H2,1-3H3. The van der Waals surface area contributed by atoms with E-state index in [1.807, 2.05) is 50.2 Å². The number of nitrogens with one attached hydrogen (secondary N) is 1. The third-order valence-electron chi connectivity index (χ3n) is 6.35. The smallest absolute Gasteiger partial charge is 0.241 e. The Morgan fingerprint density at radius 3 is 2.31 bits per heavy atom. The van der Waals surface area contributed by atoms with Gasteiger partial charge >= 0.3 is 0 Å². The highest BCUT2D eigenvalue weighted by Gasteiger charge is 2.30. The van der Waals surface area contributed by atoms with E-state index in [0.29, 0.717) is 6.54 Å². The Morgan fingerprint density at radius 2 is 1.66 bits per heavy atom. The maximum absolute atomic E-state index is 13.3. The predicted molar refractivity (Wildman–Crippen MR) is 139 cm³/mol. The first-order valence-electron chi connectivity index (χ1n) is 11.9. The number of ether oxygens (including phenoxy) is 1. The highest BCUT2D eigenvalue weighted by Crippen LogP contribution is 2.21. The summed E-state index contributed by atoms with van der Waals surface area (Å²) in [6.45, 7) is 7.27. The van der Waals surface area contributed by atoms with Crippen molar-refractivity contribution < 1.29 is 17.9 Å². The lowest BCUT2D eigenvalue weighted by atomic mass is 10.0. The molecular formula is C27H33N3O4S. The Labute approximate surface area is 207 Å². The van der Waals surface area contributed by atoms with Gasteiger partial charge in [0.15, 0.2) is 0 Å². The molecule has 1 N–H and O–H groups in total. The first-order chi connectivity index (χ1) is 16.7. The summed E-state index contributed by atoms with van der Waals surface area (Å²) in [4.78, 5) is 17.3. The Bertz CT molecular complexity index is 1270. The number of hydrogen-bond acceptors (Lipinski definition) is 5. The van der Waals surface area contributed by atoms with Gasteiger partial charge in [-0.1, -0.05) is 56.3 Å². The molecule has 0 radical (unpaired) electrons. The van der Waals surface area contributed by atoms with Crippen LogP contribution in [0.2, 0.25) is 0 Å². The van der Waals surface area contributed by atoms with Crippen molar-refractivity contribution in [1.29, 1.82) is 0 Å². The van der Waals surface area contributed by atoms with Crippen LogP contribution in [0.4, 0.5) is 5.69 Å². The van der Waals surface area contributed by atoms with Crippen molar-refractivity contribution in [2.45, 2.75) is 31.3 Å². The minimum Gasteiger partial charge on any atom is -0.378 e. The third-order valence-corrected chi connectivity index (χ3v) is 7.79. The lowest BCUT2D eigenvalue weighted by Gasteiger charge is -2.29. The van der Waals surface area contributed by atoms with Gasteiger partial charge in [-0.3, -0.25) is 4.79 Å². The predicted octanol–water partition coefficient (Wildman–Crippen LogP) is 3.64. The molecule has 1 atom stereocenters. The molecule has 3 aromatic carbocycles. The van der Waals surface area contributed by atoms with Crippen LogP contribution < -0.4 is 9.62 Å². The summed E-state index contributed by atoms with van der Waals surface area (Å²) in [6.07, 6.45) is 0. The van der Waals surface area contributed by atoms with Gasteiger partial charge in [-0.05, 0) is 46.5 Å². The van der Waals surface area contributed by atoms with E-state index in [1.54, 1.807) is 30.1 Å². The topological polar surface area (TPSA) is 79.0 Å². The molecule has 35 heavy (non-hydrogen) atoms. The highest BCUT2D eigenvalue weighted by molar-refractivity contribution is 7.89. The Balaban J connectivity index is 1.45. The number of fused-ring (bicyclic) bond motifs is 1. The molecule has 1 amide bonds. The van der Waals surface area contributed by atoms with Gasteiger partial charge in [-0.2, -0.15) is 4.72 Å². The highest BCUT2D eigenvalue weighted by atomic mass is 32.2. The molecule has 1 heterocycles. The molecule has 1 aliphatic heterocycles. The summed E-state index contributed by atoms with van der Waals surface area (Å²) in [6, 6.07) is 19.8. The number of amides is 1. The maximum atomic E-state index is 13.3. The lowest BCUT2D eigenvalue weighted by Crippen LogP contribution is -2.49. The zero-order valence-corrected chi connectivity index (χ0v) is 21.3. The molecular weight excluding hydrogens is 462 g/mol. The van der Waals surface area contributed by atoms with Crippen molar-refractivity contribution in [3.8, 4) is 0 Å². The van der Waals surface area contributed by atoms with Crippen molar-refractivity contribution in [1.82, 2.24) is 9.62 Å². The summed E-state index contributed by atoms with van der Waals surface area (Å²) in [7, 11) is -2.17. The average molecular weight is 496 g/mol. The normalized spacial score (nSPS) is 15.4. The van der Waals surface area contributed by atoms with Crippen LogP contribution in [-0.2, 0) is 26.1 Å². The number of carbonyl (C=O) groups excluding carboxylic acids is 1. The van der Waals surface area contributed by atoms with Crippen molar-refractivity contribution in [2.24, 2.45) is 5.92 Å². The zero-order valence-electron chi connectivity index (χ0n) is 20.5. The molecule has 1 unspecified atom stereocenters. The molecule has 1 fully saturated rings. The SMILES string of the molecule is CC(C)C(NS(=O)(=O)c1ccc2ccccc2c1)C(=O)N(C)Cc1ccc(N2CCOCC2)cc1. The molecule has 1 aliphatic rings. The van der Waals surface area contributed by atoms with E-state index in [0.717, 1.165) is 48.3 Å². The van der Waals surface area contributed by atoms with Gasteiger partial charge in [0, 0.05) is 32.4 Å². The van der Waals surface area contributed by atoms with Crippen molar-refractivity contribution >= 4 is 32.4 Å². The Morgan fingerprint density at radius 1 is 1.00 bits per heavy atom. The van der Waals surface area contributed by atoms with Crippen molar-refractivity contribution in [3.05, 3.63) is 72.3 Å². The first kappa shape index (κ1) is 25.2. The molecule has 1 saturated heterocycles. The van der Waals surface area contributed by atoms with Gasteiger partial charge in [-0.25, -0.2) is 8.42 Å². The van der Waals surface area contributed by atoms with E-state index in [9.17, 15) is 13.2 Å². The number of anilines is 1. The summed E-state index contributed by atoms with van der Waals surface area (Å²) >= 11 is 0. The Hall–Kier alpha value is -2.94. The first-order valence-corrected chi connectivity index (χ1v) is 13.4. The van der Waals surface area contributed by atoms with E-state index in [1.165, 1.54) is 0 Å². The minimum atomic E-state index is -3.88. The van der Waals surface area contributed by atoms with Gasteiger partial charge in [0.05, 0.1) is 18.1 Å². The molecule has 4 rings (SSSR count). The monoisotopic (exact) mass is 495 g/mol. The van der Waals surface area contributed by atoms with Crippen LogP contribution >= 0.6 is 0 Å². The van der Waals surface area contributed by atoms with Gasteiger partial charge < -0.3 is 14.5 Å². The van der Waals surface area contributed by atoms with E-state index in [2.05, 4.69) is 21.8 Å². The number of hydrogen-bond donors (Lipinski definition) is 1. The van der Waals surface area contributed by atoms with E-state index in [-0.39, 0.29) is 16.7 Å². The minimum absolute atomic E-state index is 0.149. The number of benzene rings is 3. The second-order valence-corrected chi connectivity index (χ2v) is 11.0. The number of nitrogens with zero attached hydrogens (tertiary/aromatic N) is 2. The molecule has 0 aromatic heterocycles. The largest absolute Gasteiger partial charge is 0.378 e. The van der Waals surface area contributed by atoms with Crippen LogP contribution in [0.3, 0.4) is 0 Å². The number of sulfonamides is 1. The summed E-state index contributed by atoms with van der Waals surface area (Å²) in [5.41, 5.74) is 2.12. The van der Waals surface area contributed by atoms with Crippen LogP contribution in [-0.4, -0.2) is 58.6 Å². The van der Waals surface area contributed by atoms with Crippen LogP contribution in [0, 0.1) is 5.92 Å². The number of carbonyl (C=O) groups is 1. The van der Waals surface area contributed by atoms with Gasteiger partial charge in [0.25, 0.3) is 0 Å². The average Bonchev–Trinajstić information content (AvgIpc) is 2.87. The fourth-order valence-electron chi connectivity index (χ4n) is 4.26. The second kappa shape index (κ2) is 10.8. The molecule has 0 spiro atoms. The van der Waals surface area contributed by atoms with Gasteiger partial charge in [-0.15, -0.1) is 0 Å². The molecule has 186 valence electrons. The molecule has 0 bridgehead atoms. The van der Waals surface area contributed by atoms with Crippen LogP contribution in [0.1, 0.15) is 19.4 Å². The zero-order chi connectivity index (χ0) is 25.0. The molecule has 0 saturated carbocycles. The van der Waals surface area contributed by atoms with Crippen LogP contribution in [0.5, 0.6) is 0 Å². The van der Waals surface area contributed by atoms with Crippen molar-refractivity contribution in [2.75, 3.05) is 38.3 Å². The maximum Gasteiger partial charge on any atom is 0.241 e. The molecule has 3 aromatic rings. The third kappa shape index (κ3) is 6.01. The lowest BCUT2D eigenvalue weighted by molar-refractivity contribution is -0.133. The summed E-state index contributed by atoms with van der Waals surface area (Å²) in [5, 5.41) is 1.79. The van der Waals surface area contributed by atoms with Gasteiger partial charge in [0.2, 0.25) is 15.9 Å².